The van der Waals surface area contributed by atoms with Crippen LogP contribution < -0.4 is 5.32 Å². The van der Waals surface area contributed by atoms with Gasteiger partial charge in [0.05, 0.1) is 5.57 Å². The quantitative estimate of drug-likeness (QED) is 0.644. The van der Waals surface area contributed by atoms with Crippen molar-refractivity contribution in [2.45, 2.75) is 57.9 Å². The minimum Gasteiger partial charge on any atom is -0.504 e. The molecule has 4 nitrogen and oxygen atoms in total. The van der Waals surface area contributed by atoms with Gasteiger partial charge in [0.2, 0.25) is 0 Å². The molecule has 1 saturated carbocycles. The van der Waals surface area contributed by atoms with Crippen LogP contribution in [0.1, 0.15) is 57.4 Å². The maximum absolute atomic E-state index is 12.3. The van der Waals surface area contributed by atoms with Crippen LogP contribution in [0.4, 0.5) is 0 Å². The molecule has 124 valence electrons. The van der Waals surface area contributed by atoms with Crippen LogP contribution in [0.2, 0.25) is 0 Å². The summed E-state index contributed by atoms with van der Waals surface area (Å²) in [6.07, 6.45) is 4.26. The highest BCUT2D eigenvalue weighted by atomic mass is 16.3. The van der Waals surface area contributed by atoms with E-state index in [1.807, 2.05) is 6.07 Å². The lowest BCUT2D eigenvalue weighted by Crippen LogP contribution is -2.38. The van der Waals surface area contributed by atoms with Gasteiger partial charge in [-0.25, -0.2) is 0 Å². The van der Waals surface area contributed by atoms with Crippen LogP contribution in [0.3, 0.4) is 0 Å². The summed E-state index contributed by atoms with van der Waals surface area (Å²) in [5, 5.41) is 12.7. The lowest BCUT2D eigenvalue weighted by Gasteiger charge is -2.29. The summed E-state index contributed by atoms with van der Waals surface area (Å²) in [7, 11) is 0. The van der Waals surface area contributed by atoms with E-state index in [4.69, 9.17) is 0 Å². The SMILES string of the molecule is CC/C(C(=O)NC1CCC(c2ccccc2)CC1)=C(/O)C(C)=O. The maximum atomic E-state index is 12.3. The monoisotopic (exact) mass is 315 g/mol. The molecule has 0 heterocycles. The molecule has 0 aromatic heterocycles. The summed E-state index contributed by atoms with van der Waals surface area (Å²) < 4.78 is 0. The van der Waals surface area contributed by atoms with E-state index in [1.165, 1.54) is 12.5 Å². The molecule has 1 aliphatic carbocycles. The van der Waals surface area contributed by atoms with Crippen molar-refractivity contribution in [3.63, 3.8) is 0 Å². The van der Waals surface area contributed by atoms with Gasteiger partial charge in [0.15, 0.2) is 11.5 Å². The molecule has 1 fully saturated rings. The molecule has 1 aromatic rings. The van der Waals surface area contributed by atoms with E-state index < -0.39 is 11.5 Å². The number of carbonyl (C=O) groups is 2. The second kappa shape index (κ2) is 7.95. The zero-order chi connectivity index (χ0) is 16.8. The zero-order valence-electron chi connectivity index (χ0n) is 13.8. The number of aliphatic hydroxyl groups is 1. The van der Waals surface area contributed by atoms with Crippen LogP contribution in [-0.2, 0) is 9.59 Å². The molecule has 4 heteroatoms. The molecule has 0 saturated heterocycles. The highest BCUT2D eigenvalue weighted by Crippen LogP contribution is 2.32. The van der Waals surface area contributed by atoms with Gasteiger partial charge in [0, 0.05) is 13.0 Å². The average Bonchev–Trinajstić information content (AvgIpc) is 2.56. The van der Waals surface area contributed by atoms with Gasteiger partial charge in [-0.2, -0.15) is 0 Å². The van der Waals surface area contributed by atoms with Gasteiger partial charge in [-0.3, -0.25) is 9.59 Å². The third kappa shape index (κ3) is 4.44. The predicted molar refractivity (Wildman–Crippen MR) is 90.2 cm³/mol. The number of nitrogens with one attached hydrogen (secondary N) is 1. The summed E-state index contributed by atoms with van der Waals surface area (Å²) in [6.45, 7) is 3.03. The van der Waals surface area contributed by atoms with Crippen LogP contribution in [0.5, 0.6) is 0 Å². The molecule has 0 unspecified atom stereocenters. The minimum atomic E-state index is -0.468. The van der Waals surface area contributed by atoms with Crippen molar-refractivity contribution in [3.05, 3.63) is 47.2 Å². The molecule has 1 aliphatic rings. The summed E-state index contributed by atoms with van der Waals surface area (Å²) in [5.41, 5.74) is 1.54. The second-order valence-electron chi connectivity index (χ2n) is 6.17. The summed E-state index contributed by atoms with van der Waals surface area (Å²) in [5.74, 6) is -0.646. The standard InChI is InChI=1S/C19H25NO3/c1-3-17(18(22)13(2)21)19(23)20-16-11-9-15(10-12-16)14-7-5-4-6-8-14/h4-8,15-16,22H,3,9-12H2,1-2H3,(H,20,23)/b18-17-. The van der Waals surface area contributed by atoms with E-state index in [0.29, 0.717) is 12.3 Å². The van der Waals surface area contributed by atoms with E-state index in [2.05, 4.69) is 29.6 Å². The smallest absolute Gasteiger partial charge is 0.251 e. The van der Waals surface area contributed by atoms with Crippen LogP contribution in [0.15, 0.2) is 41.7 Å². The maximum Gasteiger partial charge on any atom is 0.251 e. The number of allylic oxidation sites excluding steroid dienone is 1. The van der Waals surface area contributed by atoms with Gasteiger partial charge in [0.25, 0.3) is 5.91 Å². The van der Waals surface area contributed by atoms with Gasteiger partial charge >= 0.3 is 0 Å². The molecular formula is C19H25NO3. The average molecular weight is 315 g/mol. The van der Waals surface area contributed by atoms with Crippen molar-refractivity contribution in [3.8, 4) is 0 Å². The van der Waals surface area contributed by atoms with Gasteiger partial charge in [0.1, 0.15) is 0 Å². The molecule has 0 aliphatic heterocycles. The Balaban J connectivity index is 1.92. The number of Topliss-reactive ketones (excluding diaryl/α,β-unsaturated/α-hetero) is 1. The fourth-order valence-corrected chi connectivity index (χ4v) is 3.22. The fourth-order valence-electron chi connectivity index (χ4n) is 3.22. The van der Waals surface area contributed by atoms with Crippen LogP contribution in [0.25, 0.3) is 0 Å². The summed E-state index contributed by atoms with van der Waals surface area (Å²) in [4.78, 5) is 23.5. The van der Waals surface area contributed by atoms with Crippen LogP contribution in [-0.4, -0.2) is 22.8 Å². The second-order valence-corrected chi connectivity index (χ2v) is 6.17. The Bertz CT molecular complexity index is 584. The van der Waals surface area contributed by atoms with Crippen molar-refractivity contribution < 1.29 is 14.7 Å². The lowest BCUT2D eigenvalue weighted by molar-refractivity contribution is -0.120. The highest BCUT2D eigenvalue weighted by Gasteiger charge is 2.25. The van der Waals surface area contributed by atoms with Crippen LogP contribution >= 0.6 is 0 Å². The van der Waals surface area contributed by atoms with Gasteiger partial charge in [-0.05, 0) is 43.6 Å². The molecule has 23 heavy (non-hydrogen) atoms. The van der Waals surface area contributed by atoms with Crippen molar-refractivity contribution in [2.75, 3.05) is 0 Å². The highest BCUT2D eigenvalue weighted by molar-refractivity contribution is 6.03. The largest absolute Gasteiger partial charge is 0.504 e. The number of carbonyl (C=O) groups excluding carboxylic acids is 2. The number of hydrogen-bond acceptors (Lipinski definition) is 3. The predicted octanol–water partition coefficient (Wildman–Crippen LogP) is 3.64. The van der Waals surface area contributed by atoms with E-state index in [-0.39, 0.29) is 17.5 Å². The van der Waals surface area contributed by atoms with Gasteiger partial charge in [-0.1, -0.05) is 37.3 Å². The van der Waals surface area contributed by atoms with Crippen LogP contribution in [0, 0.1) is 0 Å². The Morgan fingerprint density at radius 2 is 1.74 bits per heavy atom. The Labute approximate surface area is 137 Å². The number of aliphatic hydroxyl groups excluding tert-OH is 1. The first-order valence-corrected chi connectivity index (χ1v) is 8.31. The molecule has 2 rings (SSSR count). The zero-order valence-corrected chi connectivity index (χ0v) is 13.8. The number of amides is 1. The first kappa shape index (κ1) is 17.3. The molecular weight excluding hydrogens is 290 g/mol. The molecule has 2 N–H and O–H groups in total. The molecule has 0 radical (unpaired) electrons. The van der Waals surface area contributed by atoms with Crippen molar-refractivity contribution >= 4 is 11.7 Å². The normalized spacial score (nSPS) is 22.2. The van der Waals surface area contributed by atoms with Crippen molar-refractivity contribution in [1.29, 1.82) is 0 Å². The van der Waals surface area contributed by atoms with Crippen molar-refractivity contribution in [1.82, 2.24) is 5.32 Å². The topological polar surface area (TPSA) is 66.4 Å². The molecule has 1 aromatic carbocycles. The number of hydrogen-bond donors (Lipinski definition) is 2. The van der Waals surface area contributed by atoms with E-state index in [1.54, 1.807) is 6.92 Å². The Morgan fingerprint density at radius 1 is 1.13 bits per heavy atom. The fraction of sp³-hybridized carbons (Fsp3) is 0.474. The number of rotatable bonds is 5. The summed E-state index contributed by atoms with van der Waals surface area (Å²) >= 11 is 0. The Hall–Kier alpha value is -2.10. The van der Waals surface area contributed by atoms with Gasteiger partial charge in [-0.15, -0.1) is 0 Å². The first-order chi connectivity index (χ1) is 11.0. The molecule has 0 spiro atoms. The van der Waals surface area contributed by atoms with Gasteiger partial charge < -0.3 is 10.4 Å². The third-order valence-electron chi connectivity index (χ3n) is 4.58. The molecule has 0 atom stereocenters. The number of benzene rings is 1. The van der Waals surface area contributed by atoms with E-state index in [0.717, 1.165) is 25.7 Å². The first-order valence-electron chi connectivity index (χ1n) is 8.31. The Morgan fingerprint density at radius 3 is 2.26 bits per heavy atom. The summed E-state index contributed by atoms with van der Waals surface area (Å²) in [6, 6.07) is 10.6. The van der Waals surface area contributed by atoms with E-state index >= 15 is 0 Å². The third-order valence-corrected chi connectivity index (χ3v) is 4.58. The Kier molecular flexibility index (Phi) is 5.97. The van der Waals surface area contributed by atoms with Crippen molar-refractivity contribution in [2.24, 2.45) is 0 Å². The van der Waals surface area contributed by atoms with E-state index in [9.17, 15) is 14.7 Å². The number of ketones is 1. The lowest BCUT2D eigenvalue weighted by atomic mass is 9.81. The molecule has 0 bridgehead atoms. The minimum absolute atomic E-state index is 0.115. The molecule has 1 amide bonds.